The zero-order valence-corrected chi connectivity index (χ0v) is 13.8. The van der Waals surface area contributed by atoms with Gasteiger partial charge in [-0.25, -0.2) is 4.39 Å². The topological polar surface area (TPSA) is 32.7 Å². The Morgan fingerprint density at radius 2 is 1.78 bits per heavy atom. The number of halogens is 2. The molecule has 2 aromatic rings. The number of rotatable bonds is 8. The minimum atomic E-state index is -0.644. The Hall–Kier alpha value is -1.46. The first kappa shape index (κ1) is 17.9. The van der Waals surface area contributed by atoms with Crippen LogP contribution in [0.15, 0.2) is 48.5 Å². The van der Waals surface area contributed by atoms with E-state index in [1.807, 2.05) is 36.2 Å². The Kier molecular flexibility index (Phi) is 6.99. The average molecular weight is 338 g/mol. The van der Waals surface area contributed by atoms with E-state index in [0.717, 1.165) is 5.56 Å². The van der Waals surface area contributed by atoms with Gasteiger partial charge in [-0.1, -0.05) is 48.0 Å². The van der Waals surface area contributed by atoms with E-state index in [0.29, 0.717) is 23.7 Å². The van der Waals surface area contributed by atoms with Gasteiger partial charge in [-0.05, 0) is 24.7 Å². The lowest BCUT2D eigenvalue weighted by atomic mass is 10.2. The minimum absolute atomic E-state index is 0.151. The van der Waals surface area contributed by atoms with E-state index >= 15 is 0 Å². The summed E-state index contributed by atoms with van der Waals surface area (Å²) < 4.78 is 18.8. The number of ether oxygens (including phenoxy) is 1. The van der Waals surface area contributed by atoms with Gasteiger partial charge in [0.2, 0.25) is 0 Å². The van der Waals surface area contributed by atoms with Crippen molar-refractivity contribution in [3.63, 3.8) is 0 Å². The number of likely N-dealkylation sites (N-methyl/N-ethyl adjacent to an activating group) is 1. The second kappa shape index (κ2) is 8.99. The van der Waals surface area contributed by atoms with Gasteiger partial charge in [0.25, 0.3) is 0 Å². The van der Waals surface area contributed by atoms with Crippen LogP contribution in [-0.4, -0.2) is 36.3 Å². The van der Waals surface area contributed by atoms with E-state index in [1.54, 1.807) is 18.2 Å². The Bertz CT molecular complexity index is 623. The van der Waals surface area contributed by atoms with Gasteiger partial charge in [-0.2, -0.15) is 0 Å². The van der Waals surface area contributed by atoms with Crippen LogP contribution in [0.25, 0.3) is 0 Å². The van der Waals surface area contributed by atoms with Crippen molar-refractivity contribution in [3.8, 4) is 0 Å². The lowest BCUT2D eigenvalue weighted by Crippen LogP contribution is -2.32. The molecule has 1 unspecified atom stereocenters. The van der Waals surface area contributed by atoms with Crippen LogP contribution in [0.1, 0.15) is 11.1 Å². The largest absolute Gasteiger partial charge is 0.389 e. The Balaban J connectivity index is 1.73. The number of benzene rings is 2. The predicted molar refractivity (Wildman–Crippen MR) is 89.8 cm³/mol. The van der Waals surface area contributed by atoms with Crippen molar-refractivity contribution in [2.24, 2.45) is 0 Å². The summed E-state index contributed by atoms with van der Waals surface area (Å²) in [6.07, 6.45) is -0.644. The zero-order chi connectivity index (χ0) is 16.7. The van der Waals surface area contributed by atoms with E-state index in [2.05, 4.69) is 0 Å². The van der Waals surface area contributed by atoms with Gasteiger partial charge in [0, 0.05) is 23.7 Å². The molecule has 0 radical (unpaired) electrons. The molecule has 0 heterocycles. The fourth-order valence-electron chi connectivity index (χ4n) is 2.31. The van der Waals surface area contributed by atoms with E-state index < -0.39 is 6.10 Å². The Morgan fingerprint density at radius 3 is 2.48 bits per heavy atom. The number of aliphatic hydroxyl groups is 1. The number of aliphatic hydroxyl groups excluding tert-OH is 1. The minimum Gasteiger partial charge on any atom is -0.389 e. The lowest BCUT2D eigenvalue weighted by Gasteiger charge is -2.21. The molecule has 1 N–H and O–H groups in total. The summed E-state index contributed by atoms with van der Waals surface area (Å²) in [5.41, 5.74) is 1.50. The van der Waals surface area contributed by atoms with Crippen LogP contribution >= 0.6 is 11.6 Å². The molecule has 5 heteroatoms. The summed E-state index contributed by atoms with van der Waals surface area (Å²) in [4.78, 5) is 1.97. The third-order valence-corrected chi connectivity index (χ3v) is 3.81. The summed E-state index contributed by atoms with van der Waals surface area (Å²) in [7, 11) is 1.91. The quantitative estimate of drug-likeness (QED) is 0.800. The van der Waals surface area contributed by atoms with Gasteiger partial charge in [-0.15, -0.1) is 0 Å². The van der Waals surface area contributed by atoms with Gasteiger partial charge in [0.05, 0.1) is 19.3 Å². The smallest absolute Gasteiger partial charge is 0.128 e. The average Bonchev–Trinajstić information content (AvgIpc) is 2.51. The van der Waals surface area contributed by atoms with Crippen LogP contribution in [0, 0.1) is 5.82 Å². The van der Waals surface area contributed by atoms with Crippen LogP contribution in [0.5, 0.6) is 0 Å². The van der Waals surface area contributed by atoms with Gasteiger partial charge in [0.1, 0.15) is 5.82 Å². The van der Waals surface area contributed by atoms with Crippen LogP contribution < -0.4 is 0 Å². The van der Waals surface area contributed by atoms with Crippen LogP contribution in [0.2, 0.25) is 5.02 Å². The van der Waals surface area contributed by atoms with E-state index in [4.69, 9.17) is 16.3 Å². The Morgan fingerprint density at radius 1 is 1.13 bits per heavy atom. The molecule has 0 aliphatic rings. The molecule has 0 fully saturated rings. The normalized spacial score (nSPS) is 12.6. The van der Waals surface area contributed by atoms with Gasteiger partial charge in [0.15, 0.2) is 0 Å². The standard InChI is InChI=1S/C18H21ClFNO2/c1-21(10-14-6-2-4-8-17(14)19)11-16(22)13-23-12-15-7-3-5-9-18(15)20/h2-9,16,22H,10-13H2,1H3. The van der Waals surface area contributed by atoms with E-state index in [9.17, 15) is 9.50 Å². The molecular weight excluding hydrogens is 317 g/mol. The molecule has 0 amide bonds. The van der Waals surface area contributed by atoms with E-state index in [-0.39, 0.29) is 19.0 Å². The van der Waals surface area contributed by atoms with Crippen molar-refractivity contribution in [2.75, 3.05) is 20.2 Å². The molecule has 0 aliphatic carbocycles. The molecule has 1 atom stereocenters. The molecule has 0 aromatic heterocycles. The molecular formula is C18H21ClFNO2. The van der Waals surface area contributed by atoms with Crippen LogP contribution in [0.3, 0.4) is 0 Å². The summed E-state index contributed by atoms with van der Waals surface area (Å²) in [5, 5.41) is 10.7. The highest BCUT2D eigenvalue weighted by atomic mass is 35.5. The molecule has 124 valence electrons. The molecule has 0 saturated carbocycles. The fraction of sp³-hybridized carbons (Fsp3) is 0.333. The zero-order valence-electron chi connectivity index (χ0n) is 13.1. The summed E-state index contributed by atoms with van der Waals surface area (Å²) >= 11 is 6.12. The first-order chi connectivity index (χ1) is 11.1. The number of nitrogens with zero attached hydrogens (tertiary/aromatic N) is 1. The van der Waals surface area contributed by atoms with Crippen LogP contribution in [0.4, 0.5) is 4.39 Å². The summed E-state index contributed by atoms with van der Waals surface area (Å²) in [6, 6.07) is 14.1. The van der Waals surface area contributed by atoms with Crippen molar-refractivity contribution in [1.29, 1.82) is 0 Å². The molecule has 0 spiro atoms. The number of hydrogen-bond acceptors (Lipinski definition) is 3. The molecule has 0 aliphatic heterocycles. The Labute approximate surface area is 141 Å². The second-order valence-corrected chi connectivity index (χ2v) is 5.96. The van der Waals surface area contributed by atoms with Crippen molar-refractivity contribution in [2.45, 2.75) is 19.3 Å². The highest BCUT2D eigenvalue weighted by Crippen LogP contribution is 2.16. The molecule has 23 heavy (non-hydrogen) atoms. The van der Waals surface area contributed by atoms with Gasteiger partial charge < -0.3 is 9.84 Å². The number of hydrogen-bond donors (Lipinski definition) is 1. The first-order valence-electron chi connectivity index (χ1n) is 7.47. The van der Waals surface area contributed by atoms with Crippen molar-refractivity contribution >= 4 is 11.6 Å². The molecule has 2 rings (SSSR count). The van der Waals surface area contributed by atoms with Gasteiger partial charge >= 0.3 is 0 Å². The first-order valence-corrected chi connectivity index (χ1v) is 7.85. The van der Waals surface area contributed by atoms with Crippen molar-refractivity contribution < 1.29 is 14.2 Å². The van der Waals surface area contributed by atoms with Gasteiger partial charge in [-0.3, -0.25) is 4.90 Å². The highest BCUT2D eigenvalue weighted by molar-refractivity contribution is 6.31. The summed E-state index contributed by atoms with van der Waals surface area (Å²) in [6.45, 7) is 1.39. The summed E-state index contributed by atoms with van der Waals surface area (Å²) in [5.74, 6) is -0.294. The van der Waals surface area contributed by atoms with Crippen LogP contribution in [-0.2, 0) is 17.9 Å². The lowest BCUT2D eigenvalue weighted by molar-refractivity contribution is 0.0119. The third-order valence-electron chi connectivity index (χ3n) is 3.45. The molecule has 3 nitrogen and oxygen atoms in total. The van der Waals surface area contributed by atoms with E-state index in [1.165, 1.54) is 6.07 Å². The highest BCUT2D eigenvalue weighted by Gasteiger charge is 2.11. The third kappa shape index (κ3) is 5.92. The van der Waals surface area contributed by atoms with Crippen molar-refractivity contribution in [1.82, 2.24) is 4.90 Å². The molecule has 0 saturated heterocycles. The predicted octanol–water partition coefficient (Wildman–Crippen LogP) is 3.49. The maximum Gasteiger partial charge on any atom is 0.128 e. The second-order valence-electron chi connectivity index (χ2n) is 5.55. The maximum atomic E-state index is 13.4. The monoisotopic (exact) mass is 337 g/mol. The molecule has 2 aromatic carbocycles. The molecule has 0 bridgehead atoms. The van der Waals surface area contributed by atoms with Crippen molar-refractivity contribution in [3.05, 3.63) is 70.5 Å². The SMILES string of the molecule is CN(Cc1ccccc1Cl)CC(O)COCc1ccccc1F. The fourth-order valence-corrected chi connectivity index (χ4v) is 2.51. The maximum absolute atomic E-state index is 13.4.